The largest absolute Gasteiger partial charge is 0.416 e. The van der Waals surface area contributed by atoms with Gasteiger partial charge in [-0.3, -0.25) is 4.79 Å². The summed E-state index contributed by atoms with van der Waals surface area (Å²) in [6.07, 6.45) is -4.41. The zero-order valence-corrected chi connectivity index (χ0v) is 17.2. The number of hydrogen-bond acceptors (Lipinski definition) is 3. The minimum atomic E-state index is -4.41. The Bertz CT molecular complexity index is 936. The molecule has 0 unspecified atom stereocenters. The molecule has 0 bridgehead atoms. The van der Waals surface area contributed by atoms with Gasteiger partial charge in [-0.15, -0.1) is 0 Å². The lowest BCUT2D eigenvalue weighted by Crippen LogP contribution is -2.30. The van der Waals surface area contributed by atoms with Crippen molar-refractivity contribution in [1.29, 1.82) is 0 Å². The second-order valence-corrected chi connectivity index (χ2v) is 8.41. The first-order valence-corrected chi connectivity index (χ1v) is 10.5. The Kier molecular flexibility index (Phi) is 7.07. The smallest absolute Gasteiger partial charge is 0.337 e. The van der Waals surface area contributed by atoms with Gasteiger partial charge in [-0.2, -0.15) is 17.5 Å². The molecule has 0 aliphatic carbocycles. The van der Waals surface area contributed by atoms with Gasteiger partial charge in [0.2, 0.25) is 10.0 Å². The van der Waals surface area contributed by atoms with Gasteiger partial charge in [0.1, 0.15) is 0 Å². The number of halogens is 3. The summed E-state index contributed by atoms with van der Waals surface area (Å²) in [7, 11) is -2.08. The number of carbonyl (C=O) groups excluding carboxylic acids is 1. The third kappa shape index (κ3) is 5.36. The van der Waals surface area contributed by atoms with Crippen molar-refractivity contribution < 1.29 is 26.4 Å². The van der Waals surface area contributed by atoms with E-state index >= 15 is 0 Å². The molecule has 1 amide bonds. The fourth-order valence-corrected chi connectivity index (χ4v) is 4.31. The highest BCUT2D eigenvalue weighted by atomic mass is 32.2. The summed E-state index contributed by atoms with van der Waals surface area (Å²) < 4.78 is 64.2. The first-order valence-electron chi connectivity index (χ1n) is 9.02. The van der Waals surface area contributed by atoms with Gasteiger partial charge in [0.25, 0.3) is 5.91 Å². The van der Waals surface area contributed by atoms with Crippen LogP contribution < -0.4 is 0 Å². The van der Waals surface area contributed by atoms with Crippen LogP contribution in [0, 0.1) is 0 Å². The average Bonchev–Trinajstić information content (AvgIpc) is 2.68. The van der Waals surface area contributed by atoms with Gasteiger partial charge in [-0.1, -0.05) is 26.0 Å². The predicted octanol–water partition coefficient (Wildman–Crippen LogP) is 4.01. The minimum absolute atomic E-state index is 0.100. The molecule has 9 heteroatoms. The highest BCUT2D eigenvalue weighted by molar-refractivity contribution is 7.89. The number of alkyl halides is 3. The van der Waals surface area contributed by atoms with E-state index in [4.69, 9.17) is 0 Å². The van der Waals surface area contributed by atoms with Crippen LogP contribution in [0.2, 0.25) is 0 Å². The van der Waals surface area contributed by atoms with Crippen molar-refractivity contribution in [3.8, 4) is 0 Å². The number of carbonyl (C=O) groups is 1. The van der Waals surface area contributed by atoms with Gasteiger partial charge in [-0.05, 0) is 42.0 Å². The molecule has 5 nitrogen and oxygen atoms in total. The Balaban J connectivity index is 2.12. The van der Waals surface area contributed by atoms with Crippen molar-refractivity contribution >= 4 is 15.9 Å². The minimum Gasteiger partial charge on any atom is -0.337 e. The molecule has 0 aliphatic rings. The van der Waals surface area contributed by atoms with Gasteiger partial charge < -0.3 is 4.90 Å². The molecular weight excluding hydrogens is 405 g/mol. The van der Waals surface area contributed by atoms with E-state index in [0.717, 1.165) is 12.1 Å². The highest BCUT2D eigenvalue weighted by Gasteiger charge is 2.30. The van der Waals surface area contributed by atoms with Crippen molar-refractivity contribution in [3.63, 3.8) is 0 Å². The summed E-state index contributed by atoms with van der Waals surface area (Å²) in [6, 6.07) is 10.2. The maximum atomic E-state index is 12.6. The van der Waals surface area contributed by atoms with E-state index in [-0.39, 0.29) is 22.9 Å². The third-order valence-electron chi connectivity index (χ3n) is 4.49. The molecule has 2 rings (SSSR count). The quantitative estimate of drug-likeness (QED) is 0.670. The standard InChI is InChI=1S/C20H23F3N2O3S/c1-4-25(5-2)29(27,28)18-12-8-16(9-13-18)19(26)24(3)14-15-6-10-17(11-7-15)20(21,22)23/h6-13H,4-5,14H2,1-3H3. The summed E-state index contributed by atoms with van der Waals surface area (Å²) in [5.41, 5.74) is 0.0905. The van der Waals surface area contributed by atoms with Crippen molar-refractivity contribution in [1.82, 2.24) is 9.21 Å². The van der Waals surface area contributed by atoms with E-state index in [2.05, 4.69) is 0 Å². The Morgan fingerprint density at radius 1 is 0.931 bits per heavy atom. The predicted molar refractivity (Wildman–Crippen MR) is 104 cm³/mol. The molecule has 0 N–H and O–H groups in total. The highest BCUT2D eigenvalue weighted by Crippen LogP contribution is 2.29. The molecule has 0 atom stereocenters. The zero-order chi connectivity index (χ0) is 21.8. The molecule has 158 valence electrons. The molecule has 0 fully saturated rings. The van der Waals surface area contributed by atoms with Crippen molar-refractivity contribution in [3.05, 3.63) is 65.2 Å². The second kappa shape index (κ2) is 8.96. The van der Waals surface area contributed by atoms with E-state index in [1.807, 2.05) is 0 Å². The Morgan fingerprint density at radius 3 is 1.90 bits per heavy atom. The summed E-state index contributed by atoms with van der Waals surface area (Å²) in [6.45, 7) is 4.30. The Morgan fingerprint density at radius 2 is 1.45 bits per heavy atom. The Labute approximate surface area is 168 Å². The third-order valence-corrected chi connectivity index (χ3v) is 6.56. The van der Waals surface area contributed by atoms with Crippen LogP contribution >= 0.6 is 0 Å². The lowest BCUT2D eigenvalue weighted by atomic mass is 10.1. The maximum absolute atomic E-state index is 12.6. The van der Waals surface area contributed by atoms with E-state index in [0.29, 0.717) is 18.7 Å². The molecule has 2 aromatic rings. The number of hydrogen-bond donors (Lipinski definition) is 0. The fourth-order valence-electron chi connectivity index (χ4n) is 2.85. The van der Waals surface area contributed by atoms with Crippen LogP contribution in [-0.2, 0) is 22.7 Å². The molecule has 0 radical (unpaired) electrons. The average molecular weight is 428 g/mol. The van der Waals surface area contributed by atoms with Crippen molar-refractivity contribution in [2.75, 3.05) is 20.1 Å². The van der Waals surface area contributed by atoms with Gasteiger partial charge in [0, 0.05) is 32.2 Å². The van der Waals surface area contributed by atoms with Crippen LogP contribution in [-0.4, -0.2) is 43.7 Å². The van der Waals surface area contributed by atoms with Crippen LogP contribution in [0.25, 0.3) is 0 Å². The van der Waals surface area contributed by atoms with E-state index < -0.39 is 21.8 Å². The topological polar surface area (TPSA) is 57.7 Å². The number of amides is 1. The summed E-state index contributed by atoms with van der Waals surface area (Å²) in [5.74, 6) is -0.364. The normalized spacial score (nSPS) is 12.2. The van der Waals surface area contributed by atoms with Crippen molar-refractivity contribution in [2.24, 2.45) is 0 Å². The molecule has 0 aliphatic heterocycles. The molecule has 29 heavy (non-hydrogen) atoms. The van der Waals surface area contributed by atoms with Gasteiger partial charge in [0.05, 0.1) is 10.5 Å². The van der Waals surface area contributed by atoms with Crippen LogP contribution in [0.4, 0.5) is 13.2 Å². The molecule has 0 saturated carbocycles. The fraction of sp³-hybridized carbons (Fsp3) is 0.350. The lowest BCUT2D eigenvalue weighted by molar-refractivity contribution is -0.137. The molecule has 2 aromatic carbocycles. The van der Waals surface area contributed by atoms with Gasteiger partial charge >= 0.3 is 6.18 Å². The number of rotatable bonds is 7. The van der Waals surface area contributed by atoms with Crippen LogP contribution in [0.3, 0.4) is 0 Å². The summed E-state index contributed by atoms with van der Waals surface area (Å²) in [5, 5.41) is 0. The van der Waals surface area contributed by atoms with Gasteiger partial charge in [-0.25, -0.2) is 8.42 Å². The van der Waals surface area contributed by atoms with Crippen LogP contribution in [0.1, 0.15) is 35.3 Å². The lowest BCUT2D eigenvalue weighted by Gasteiger charge is -2.20. The molecule has 0 saturated heterocycles. The molecular formula is C20H23F3N2O3S. The van der Waals surface area contributed by atoms with E-state index in [1.54, 1.807) is 13.8 Å². The number of nitrogens with zero attached hydrogens (tertiary/aromatic N) is 2. The molecule has 0 heterocycles. The van der Waals surface area contributed by atoms with Crippen LogP contribution in [0.15, 0.2) is 53.4 Å². The van der Waals surface area contributed by atoms with E-state index in [9.17, 15) is 26.4 Å². The summed E-state index contributed by atoms with van der Waals surface area (Å²) >= 11 is 0. The first kappa shape index (κ1) is 22.9. The SMILES string of the molecule is CCN(CC)S(=O)(=O)c1ccc(C(=O)N(C)Cc2ccc(C(F)(F)F)cc2)cc1. The number of benzene rings is 2. The summed E-state index contributed by atoms with van der Waals surface area (Å²) in [4.78, 5) is 14.0. The Hall–Kier alpha value is -2.39. The zero-order valence-electron chi connectivity index (χ0n) is 16.4. The molecule has 0 aromatic heterocycles. The van der Waals surface area contributed by atoms with Gasteiger partial charge in [0.15, 0.2) is 0 Å². The molecule has 0 spiro atoms. The monoisotopic (exact) mass is 428 g/mol. The van der Waals surface area contributed by atoms with Crippen LogP contribution in [0.5, 0.6) is 0 Å². The second-order valence-electron chi connectivity index (χ2n) is 6.47. The van der Waals surface area contributed by atoms with Crippen molar-refractivity contribution in [2.45, 2.75) is 31.5 Å². The van der Waals surface area contributed by atoms with E-state index in [1.165, 1.54) is 52.7 Å². The maximum Gasteiger partial charge on any atom is 0.416 e. The number of sulfonamides is 1. The first-order chi connectivity index (χ1) is 13.5.